The number of guanidine groups is 1. The molecule has 3 N–H and O–H groups in total. The second-order valence-corrected chi connectivity index (χ2v) is 7.96. The molecule has 3 aromatic rings. The van der Waals surface area contributed by atoms with Gasteiger partial charge in [-0.15, -0.1) is 0 Å². The van der Waals surface area contributed by atoms with Crippen LogP contribution in [0.5, 0.6) is 11.6 Å². The number of aromatic nitrogens is 1. The Labute approximate surface area is 205 Å². The van der Waals surface area contributed by atoms with Gasteiger partial charge in [0.15, 0.2) is 0 Å². The average Bonchev–Trinajstić information content (AvgIpc) is 3.35. The summed E-state index contributed by atoms with van der Waals surface area (Å²) in [6.07, 6.45) is 1.41. The Balaban J connectivity index is 1.52. The number of carbonyl (C=O) groups excluding carboxylic acids is 3. The largest absolute Gasteiger partial charge is 0.436 e. The lowest BCUT2D eigenvalue weighted by Gasteiger charge is -2.32. The van der Waals surface area contributed by atoms with Gasteiger partial charge in [-0.3, -0.25) is 35.1 Å². The molecule has 1 atom stereocenters. The van der Waals surface area contributed by atoms with E-state index in [-0.39, 0.29) is 19.0 Å². The van der Waals surface area contributed by atoms with Gasteiger partial charge in [0.2, 0.25) is 17.8 Å². The van der Waals surface area contributed by atoms with Crippen LogP contribution in [0.3, 0.4) is 0 Å². The Hall–Kier alpha value is -4.38. The van der Waals surface area contributed by atoms with Crippen molar-refractivity contribution in [2.75, 3.05) is 11.9 Å². The molecule has 0 saturated heterocycles. The number of hydrogen-bond donors (Lipinski definition) is 3. The fraction of sp³-hybridized carbons (Fsp3) is 0.174. The minimum Gasteiger partial charge on any atom is -0.436 e. The normalized spacial score (nSPS) is 15.3. The molecule has 0 fully saturated rings. The molecule has 180 valence electrons. The molecule has 35 heavy (non-hydrogen) atoms. The highest BCUT2D eigenvalue weighted by atomic mass is 35.5. The number of halogens is 1. The van der Waals surface area contributed by atoms with Crippen LogP contribution >= 0.6 is 11.6 Å². The zero-order chi connectivity index (χ0) is 24.8. The van der Waals surface area contributed by atoms with Crippen LogP contribution in [0.4, 0.5) is 5.69 Å². The Bertz CT molecular complexity index is 1230. The molecule has 0 aliphatic carbocycles. The van der Waals surface area contributed by atoms with E-state index in [1.54, 1.807) is 54.6 Å². The van der Waals surface area contributed by atoms with Crippen LogP contribution in [0.15, 0.2) is 70.4 Å². The highest BCUT2D eigenvalue weighted by Crippen LogP contribution is 2.23. The molecular formula is C23H21ClN6O5. The molecule has 4 rings (SSSR count). The Kier molecular flexibility index (Phi) is 7.27. The number of benzene rings is 2. The molecule has 1 aliphatic heterocycles. The molecule has 0 spiro atoms. The quantitative estimate of drug-likeness (QED) is 0.352. The van der Waals surface area contributed by atoms with Crippen molar-refractivity contribution in [2.24, 2.45) is 10.9 Å². The van der Waals surface area contributed by atoms with Gasteiger partial charge in [-0.05, 0) is 47.1 Å². The third-order valence-corrected chi connectivity index (χ3v) is 5.17. The Morgan fingerprint density at radius 3 is 2.51 bits per heavy atom. The fourth-order valence-electron chi connectivity index (χ4n) is 3.21. The van der Waals surface area contributed by atoms with Crippen LogP contribution in [0, 0.1) is 5.92 Å². The van der Waals surface area contributed by atoms with E-state index in [4.69, 9.17) is 20.9 Å². The number of nitrogens with one attached hydrogen (secondary N) is 3. The molecule has 1 unspecified atom stereocenters. The molecule has 11 nitrogen and oxygen atoms in total. The number of amides is 3. The van der Waals surface area contributed by atoms with Gasteiger partial charge in [-0.25, -0.2) is 0 Å². The van der Waals surface area contributed by atoms with Crippen LogP contribution in [-0.2, 0) is 20.9 Å². The summed E-state index contributed by atoms with van der Waals surface area (Å²) >= 11 is 5.98. The van der Waals surface area contributed by atoms with Gasteiger partial charge in [0, 0.05) is 23.7 Å². The van der Waals surface area contributed by atoms with Crippen LogP contribution in [-0.4, -0.2) is 40.3 Å². The van der Waals surface area contributed by atoms with Gasteiger partial charge < -0.3 is 14.6 Å². The van der Waals surface area contributed by atoms with Crippen molar-refractivity contribution in [1.29, 1.82) is 0 Å². The standard InChI is InChI=1S/C23H21ClN6O5/c1-14(31)27-28-21(32)19-12-25-23(30(22(19)33)13-15-2-4-16(24)5-3-15)26-17-6-8-18(9-7-17)35-20-10-11-34-29-20/h2-11,19H,12-13H2,1H3,(H,25,26)(H,27,31)(H,28,32). The summed E-state index contributed by atoms with van der Waals surface area (Å²) in [5.41, 5.74) is 5.87. The zero-order valence-electron chi connectivity index (χ0n) is 18.5. The number of carbonyl (C=O) groups is 3. The van der Waals surface area contributed by atoms with Crippen LogP contribution < -0.4 is 20.9 Å². The molecule has 2 heterocycles. The summed E-state index contributed by atoms with van der Waals surface area (Å²) in [6, 6.07) is 15.5. The zero-order valence-corrected chi connectivity index (χ0v) is 19.3. The molecule has 1 aromatic heterocycles. The predicted octanol–water partition coefficient (Wildman–Crippen LogP) is 2.71. The first kappa shape index (κ1) is 23.8. The van der Waals surface area contributed by atoms with Gasteiger partial charge in [0.1, 0.15) is 17.9 Å². The monoisotopic (exact) mass is 496 g/mol. The first-order chi connectivity index (χ1) is 16.9. The number of aliphatic imine (C=N–C) groups is 1. The van der Waals surface area contributed by atoms with E-state index in [1.165, 1.54) is 18.1 Å². The fourth-order valence-corrected chi connectivity index (χ4v) is 3.33. The van der Waals surface area contributed by atoms with E-state index < -0.39 is 23.6 Å². The Morgan fingerprint density at radius 1 is 1.11 bits per heavy atom. The molecule has 0 saturated carbocycles. The predicted molar refractivity (Wildman–Crippen MR) is 126 cm³/mol. The highest BCUT2D eigenvalue weighted by Gasteiger charge is 2.37. The molecule has 1 aliphatic rings. The lowest BCUT2D eigenvalue weighted by molar-refractivity contribution is -0.141. The summed E-state index contributed by atoms with van der Waals surface area (Å²) in [5, 5.41) is 7.38. The number of ether oxygens (including phenoxy) is 1. The van der Waals surface area contributed by atoms with E-state index in [0.717, 1.165) is 5.56 Å². The number of anilines is 1. The van der Waals surface area contributed by atoms with Crippen molar-refractivity contribution in [1.82, 2.24) is 20.9 Å². The van der Waals surface area contributed by atoms with Gasteiger partial charge >= 0.3 is 0 Å². The van der Waals surface area contributed by atoms with E-state index >= 15 is 0 Å². The number of hydrazine groups is 1. The van der Waals surface area contributed by atoms with Gasteiger partial charge in [0.25, 0.3) is 11.8 Å². The van der Waals surface area contributed by atoms with Crippen molar-refractivity contribution < 1.29 is 23.6 Å². The second-order valence-electron chi connectivity index (χ2n) is 7.53. The SMILES string of the molecule is CC(=O)NNC(=O)C1CN=C(Nc2ccc(Oc3ccon3)cc2)N(Cc2ccc(Cl)cc2)C1=O. The van der Waals surface area contributed by atoms with E-state index in [0.29, 0.717) is 22.3 Å². The summed E-state index contributed by atoms with van der Waals surface area (Å²) in [7, 11) is 0. The number of nitrogens with zero attached hydrogens (tertiary/aromatic N) is 3. The molecule has 12 heteroatoms. The smallest absolute Gasteiger partial charge is 0.259 e. The lowest BCUT2D eigenvalue weighted by atomic mass is 10.1. The molecule has 3 amide bonds. The average molecular weight is 497 g/mol. The highest BCUT2D eigenvalue weighted by molar-refractivity contribution is 6.30. The third-order valence-electron chi connectivity index (χ3n) is 4.92. The summed E-state index contributed by atoms with van der Waals surface area (Å²) in [6.45, 7) is 1.31. The summed E-state index contributed by atoms with van der Waals surface area (Å²) in [4.78, 5) is 42.7. The van der Waals surface area contributed by atoms with Crippen molar-refractivity contribution >= 4 is 41.0 Å². The van der Waals surface area contributed by atoms with Crippen LogP contribution in [0.2, 0.25) is 5.02 Å². The summed E-state index contributed by atoms with van der Waals surface area (Å²) < 4.78 is 10.3. The van der Waals surface area contributed by atoms with Gasteiger partial charge in [0.05, 0.1) is 13.1 Å². The molecular weight excluding hydrogens is 476 g/mol. The van der Waals surface area contributed by atoms with E-state index in [1.807, 2.05) is 0 Å². The second kappa shape index (κ2) is 10.7. The Morgan fingerprint density at radius 2 is 1.86 bits per heavy atom. The van der Waals surface area contributed by atoms with E-state index in [2.05, 4.69) is 26.3 Å². The number of hydrogen-bond acceptors (Lipinski definition) is 8. The number of rotatable bonds is 6. The van der Waals surface area contributed by atoms with Crippen molar-refractivity contribution in [3.8, 4) is 11.6 Å². The lowest BCUT2D eigenvalue weighted by Crippen LogP contribution is -2.54. The minimum absolute atomic E-state index is 0.0863. The minimum atomic E-state index is -1.10. The topological polar surface area (TPSA) is 138 Å². The van der Waals surface area contributed by atoms with Crippen molar-refractivity contribution in [3.05, 3.63) is 71.4 Å². The molecule has 0 bridgehead atoms. The maximum Gasteiger partial charge on any atom is 0.259 e. The van der Waals surface area contributed by atoms with Crippen LogP contribution in [0.25, 0.3) is 0 Å². The van der Waals surface area contributed by atoms with Gasteiger partial charge in [-0.2, -0.15) is 0 Å². The summed E-state index contributed by atoms with van der Waals surface area (Å²) in [5.74, 6) is -1.53. The maximum atomic E-state index is 13.3. The van der Waals surface area contributed by atoms with E-state index in [9.17, 15) is 14.4 Å². The van der Waals surface area contributed by atoms with Crippen LogP contribution in [0.1, 0.15) is 12.5 Å². The van der Waals surface area contributed by atoms with Crippen molar-refractivity contribution in [2.45, 2.75) is 13.5 Å². The maximum absolute atomic E-state index is 13.3. The third kappa shape index (κ3) is 6.15. The van der Waals surface area contributed by atoms with Gasteiger partial charge in [-0.1, -0.05) is 23.7 Å². The first-order valence-electron chi connectivity index (χ1n) is 10.5. The van der Waals surface area contributed by atoms with Crippen molar-refractivity contribution in [3.63, 3.8) is 0 Å². The molecule has 2 aromatic carbocycles. The molecule has 0 radical (unpaired) electrons. The first-order valence-corrected chi connectivity index (χ1v) is 10.9.